The molecule has 0 radical (unpaired) electrons. The molecule has 0 unspecified atom stereocenters. The number of benzene rings is 1. The monoisotopic (exact) mass is 241 g/mol. The first-order chi connectivity index (χ1) is 8.17. The van der Waals surface area contributed by atoms with Gasteiger partial charge in [-0.05, 0) is 6.07 Å². The van der Waals surface area contributed by atoms with Crippen molar-refractivity contribution in [1.29, 1.82) is 0 Å². The Balaban J connectivity index is 3.33. The lowest BCUT2D eigenvalue weighted by Gasteiger charge is -2.08. The molecule has 7 nitrogen and oxygen atoms in total. The van der Waals surface area contributed by atoms with Crippen molar-refractivity contribution in [3.05, 3.63) is 22.6 Å². The average molecular weight is 241 g/mol. The Hall–Kier alpha value is -2.15. The highest BCUT2D eigenvalue weighted by Gasteiger charge is 2.21. The highest BCUT2D eigenvalue weighted by atomic mass is 16.6. The van der Waals surface area contributed by atoms with Crippen molar-refractivity contribution in [3.63, 3.8) is 0 Å². The number of rotatable bonds is 5. The largest absolute Gasteiger partial charge is 0.490 e. The van der Waals surface area contributed by atoms with Gasteiger partial charge in [0.1, 0.15) is 5.69 Å². The number of hydrogen-bond donors (Lipinski definition) is 2. The zero-order valence-electron chi connectivity index (χ0n) is 9.70. The molecule has 0 fully saturated rings. The highest BCUT2D eigenvalue weighted by Crippen LogP contribution is 2.30. The molecule has 0 saturated heterocycles. The number of esters is 1. The van der Waals surface area contributed by atoms with Crippen LogP contribution in [0.4, 0.5) is 11.4 Å². The van der Waals surface area contributed by atoms with E-state index in [1.807, 2.05) is 0 Å². The normalized spacial score (nSPS) is 9.59. The summed E-state index contributed by atoms with van der Waals surface area (Å²) in [7, 11) is 4.03. The van der Waals surface area contributed by atoms with Gasteiger partial charge in [-0.1, -0.05) is 0 Å². The molecular formula is C10H13N2O5+. The van der Waals surface area contributed by atoms with Crippen LogP contribution >= 0.6 is 0 Å². The molecule has 0 bridgehead atoms. The zero-order chi connectivity index (χ0) is 12.8. The second-order valence-electron chi connectivity index (χ2n) is 3.00. The number of anilines is 1. The van der Waals surface area contributed by atoms with E-state index in [1.165, 1.54) is 33.5 Å². The van der Waals surface area contributed by atoms with Crippen LogP contribution in [0.2, 0.25) is 0 Å². The Morgan fingerprint density at radius 2 is 2.00 bits per heavy atom. The Morgan fingerprint density at radius 3 is 2.47 bits per heavy atom. The van der Waals surface area contributed by atoms with Crippen molar-refractivity contribution in [1.82, 2.24) is 0 Å². The van der Waals surface area contributed by atoms with Crippen LogP contribution in [0.25, 0.3) is 0 Å². The molecule has 0 atom stereocenters. The molecule has 0 amide bonds. The first-order valence-corrected chi connectivity index (χ1v) is 4.65. The van der Waals surface area contributed by atoms with Crippen LogP contribution in [0.3, 0.4) is 0 Å². The van der Waals surface area contributed by atoms with Gasteiger partial charge in [-0.2, -0.15) is 0 Å². The molecule has 1 aromatic rings. The smallest absolute Gasteiger partial charge is 0.338 e. The van der Waals surface area contributed by atoms with Gasteiger partial charge < -0.3 is 9.47 Å². The molecule has 17 heavy (non-hydrogen) atoms. The molecular weight excluding hydrogens is 228 g/mol. The average Bonchev–Trinajstić information content (AvgIpc) is 2.37. The van der Waals surface area contributed by atoms with Gasteiger partial charge in [-0.15, -0.1) is 0 Å². The fraction of sp³-hybridized carbons (Fsp3) is 0.300. The number of ether oxygens (including phenoxy) is 2. The first-order valence-electron chi connectivity index (χ1n) is 4.65. The van der Waals surface area contributed by atoms with E-state index < -0.39 is 5.97 Å². The third-order valence-electron chi connectivity index (χ3n) is 2.06. The fourth-order valence-electron chi connectivity index (χ4n) is 1.31. The van der Waals surface area contributed by atoms with Gasteiger partial charge in [-0.3, -0.25) is 10.3 Å². The van der Waals surface area contributed by atoms with Crippen molar-refractivity contribution < 1.29 is 24.3 Å². The van der Waals surface area contributed by atoms with Crippen molar-refractivity contribution in [2.75, 3.05) is 26.8 Å². The lowest BCUT2D eigenvalue weighted by molar-refractivity contribution is -0.379. The number of carbonyl (C=O) groups excluding carboxylic acids is 1. The zero-order valence-corrected chi connectivity index (χ0v) is 9.70. The number of hydrogen-bond acceptors (Lipinski definition) is 6. The third-order valence-corrected chi connectivity index (χ3v) is 2.06. The molecule has 1 aromatic carbocycles. The fourth-order valence-corrected chi connectivity index (χ4v) is 1.31. The standard InChI is InChI=1S/C10H12N2O5/c1-15-8-5-6(10(13)16-2)4-7(12-17-3)9(8)11-14/h4-5,12H,1-3H3/p+1. The van der Waals surface area contributed by atoms with Crippen LogP contribution in [0.15, 0.2) is 12.1 Å². The molecule has 1 rings (SSSR count). The maximum atomic E-state index is 11.4. The van der Waals surface area contributed by atoms with E-state index in [2.05, 4.69) is 10.2 Å². The number of carbonyl (C=O) groups is 1. The molecule has 0 aliphatic carbocycles. The summed E-state index contributed by atoms with van der Waals surface area (Å²) in [5.41, 5.74) is 3.13. The van der Waals surface area contributed by atoms with Gasteiger partial charge in [0.2, 0.25) is 0 Å². The molecule has 0 heterocycles. The molecule has 2 N–H and O–H groups in total. The van der Waals surface area contributed by atoms with E-state index >= 15 is 0 Å². The summed E-state index contributed by atoms with van der Waals surface area (Å²) < 4.78 is 9.57. The topological polar surface area (TPSA) is 87.8 Å². The van der Waals surface area contributed by atoms with E-state index in [0.29, 0.717) is 0 Å². The molecule has 92 valence electrons. The van der Waals surface area contributed by atoms with E-state index in [4.69, 9.17) is 9.57 Å². The van der Waals surface area contributed by atoms with Crippen molar-refractivity contribution >= 4 is 17.3 Å². The van der Waals surface area contributed by atoms with Gasteiger partial charge in [-0.25, -0.2) is 4.79 Å². The maximum absolute atomic E-state index is 11.4. The summed E-state index contributed by atoms with van der Waals surface area (Å²) in [5, 5.41) is 1.71. The lowest BCUT2D eigenvalue weighted by Crippen LogP contribution is -2.56. The minimum atomic E-state index is -0.542. The van der Waals surface area contributed by atoms with E-state index in [9.17, 15) is 9.70 Å². The second-order valence-corrected chi connectivity index (χ2v) is 3.00. The maximum Gasteiger partial charge on any atom is 0.338 e. The quantitative estimate of drug-likeness (QED) is 0.554. The van der Waals surface area contributed by atoms with Crippen LogP contribution < -0.4 is 15.4 Å². The van der Waals surface area contributed by atoms with Crippen molar-refractivity contribution in [2.45, 2.75) is 0 Å². The Labute approximate surface area is 97.6 Å². The minimum absolute atomic E-state index is 0.141. The molecule has 7 heteroatoms. The Bertz CT molecular complexity index is 433. The van der Waals surface area contributed by atoms with Gasteiger partial charge >= 0.3 is 11.7 Å². The van der Waals surface area contributed by atoms with Crippen molar-refractivity contribution in [3.8, 4) is 5.75 Å². The Kier molecular flexibility index (Phi) is 4.41. The van der Waals surface area contributed by atoms with Crippen LogP contribution in [0, 0.1) is 4.91 Å². The van der Waals surface area contributed by atoms with E-state index in [0.717, 1.165) is 0 Å². The van der Waals surface area contributed by atoms with Crippen LogP contribution in [0.5, 0.6) is 5.75 Å². The van der Waals surface area contributed by atoms with E-state index in [-0.39, 0.29) is 22.7 Å². The summed E-state index contributed by atoms with van der Waals surface area (Å²) in [6, 6.07) is 2.81. The Morgan fingerprint density at radius 1 is 1.29 bits per heavy atom. The van der Waals surface area contributed by atoms with E-state index in [1.54, 1.807) is 5.18 Å². The summed E-state index contributed by atoms with van der Waals surface area (Å²) in [4.78, 5) is 26.9. The molecule has 0 saturated carbocycles. The molecule has 0 spiro atoms. The molecule has 0 aromatic heterocycles. The summed E-state index contributed by atoms with van der Waals surface area (Å²) in [6.45, 7) is 0. The van der Waals surface area contributed by atoms with Crippen molar-refractivity contribution in [2.24, 2.45) is 0 Å². The van der Waals surface area contributed by atoms with Gasteiger partial charge in [0.25, 0.3) is 0 Å². The molecule has 0 aliphatic heterocycles. The SMILES string of the molecule is CONc1cc(C(=O)OC)cc(OC)c1[NH+]=O. The number of nitrogens with one attached hydrogen (secondary N) is 2. The summed E-state index contributed by atoms with van der Waals surface area (Å²) in [6.07, 6.45) is 0. The lowest BCUT2D eigenvalue weighted by atomic mass is 10.1. The number of methoxy groups -OCH3 is 2. The minimum Gasteiger partial charge on any atom is -0.490 e. The van der Waals surface area contributed by atoms with Crippen LogP contribution in [-0.2, 0) is 9.57 Å². The third kappa shape index (κ3) is 2.70. The van der Waals surface area contributed by atoms with Gasteiger partial charge in [0.05, 0.1) is 26.9 Å². The van der Waals surface area contributed by atoms with Crippen LogP contribution in [-0.4, -0.2) is 27.3 Å². The summed E-state index contributed by atoms with van der Waals surface area (Å²) >= 11 is 0. The highest BCUT2D eigenvalue weighted by molar-refractivity contribution is 5.92. The summed E-state index contributed by atoms with van der Waals surface area (Å²) in [5.74, 6) is -0.331. The second kappa shape index (κ2) is 5.80. The number of nitroso groups, excluding NO2 is 1. The first kappa shape index (κ1) is 12.9. The van der Waals surface area contributed by atoms with Gasteiger partial charge in [0, 0.05) is 16.2 Å². The van der Waals surface area contributed by atoms with Gasteiger partial charge in [0.15, 0.2) is 5.75 Å². The predicted molar refractivity (Wildman–Crippen MR) is 59.0 cm³/mol. The molecule has 0 aliphatic rings. The predicted octanol–water partition coefficient (Wildman–Crippen LogP) is -0.0664. The van der Waals surface area contributed by atoms with Crippen LogP contribution in [0.1, 0.15) is 10.4 Å².